The third-order valence-corrected chi connectivity index (χ3v) is 2.32. The lowest BCUT2D eigenvalue weighted by Gasteiger charge is -2.27. The molecular formula is C12H18F3NO. The average molecular weight is 249 g/mol. The first-order chi connectivity index (χ1) is 7.60. The number of hydrogen-bond acceptors (Lipinski definition) is 1. The summed E-state index contributed by atoms with van der Waals surface area (Å²) >= 11 is 0. The number of halogens is 3. The Balaban J connectivity index is 4.53. The van der Waals surface area contributed by atoms with Crippen LogP contribution in [0.1, 0.15) is 33.6 Å². The second kappa shape index (κ2) is 5.89. The topological polar surface area (TPSA) is 29.1 Å². The zero-order valence-electron chi connectivity index (χ0n) is 10.3. The number of allylic oxidation sites excluding steroid dienone is 2. The molecule has 0 bridgehead atoms. The van der Waals surface area contributed by atoms with E-state index in [1.54, 1.807) is 0 Å². The minimum absolute atomic E-state index is 0.378. The highest BCUT2D eigenvalue weighted by atomic mass is 19.4. The molecule has 2 nitrogen and oxygen atoms in total. The summed E-state index contributed by atoms with van der Waals surface area (Å²) in [5, 5.41) is 1.95. The van der Waals surface area contributed by atoms with Gasteiger partial charge in [-0.3, -0.25) is 4.79 Å². The first-order valence-corrected chi connectivity index (χ1v) is 5.27. The van der Waals surface area contributed by atoms with E-state index in [4.69, 9.17) is 0 Å². The third kappa shape index (κ3) is 6.14. The van der Waals surface area contributed by atoms with Gasteiger partial charge in [-0.2, -0.15) is 13.2 Å². The molecule has 0 fully saturated rings. The molecule has 0 heterocycles. The molecule has 0 spiro atoms. The maximum atomic E-state index is 12.1. The molecule has 1 atom stereocenters. The van der Waals surface area contributed by atoms with Crippen LogP contribution >= 0.6 is 0 Å². The predicted octanol–water partition coefficient (Wildman–Crippen LogP) is 3.36. The quantitative estimate of drug-likeness (QED) is 0.744. The van der Waals surface area contributed by atoms with Crippen molar-refractivity contribution in [3.63, 3.8) is 0 Å². The number of amides is 1. The van der Waals surface area contributed by atoms with Crippen LogP contribution in [0.15, 0.2) is 24.3 Å². The van der Waals surface area contributed by atoms with Crippen molar-refractivity contribution >= 4 is 5.91 Å². The summed E-state index contributed by atoms with van der Waals surface area (Å²) in [5.74, 6) is -1.93. The van der Waals surface area contributed by atoms with E-state index in [-0.39, 0.29) is 0 Å². The normalized spacial score (nSPS) is 14.7. The van der Waals surface area contributed by atoms with Crippen LogP contribution in [0.25, 0.3) is 0 Å². The molecule has 1 N–H and O–H groups in total. The zero-order valence-corrected chi connectivity index (χ0v) is 10.3. The summed E-state index contributed by atoms with van der Waals surface area (Å²) in [4.78, 5) is 10.8. The van der Waals surface area contributed by atoms with Gasteiger partial charge in [0.1, 0.15) is 0 Å². The molecule has 0 aromatic carbocycles. The standard InChI is InChI=1S/C12H18F3NO/c1-5-11(4,8-6-7-9(2)3)16-10(17)12(13,14)15/h5,7H,1,6,8H2,2-4H3,(H,16,17). The fourth-order valence-electron chi connectivity index (χ4n) is 1.21. The number of carbonyl (C=O) groups is 1. The lowest BCUT2D eigenvalue weighted by molar-refractivity contribution is -0.175. The number of alkyl halides is 3. The summed E-state index contributed by atoms with van der Waals surface area (Å²) in [7, 11) is 0. The minimum Gasteiger partial charge on any atom is -0.340 e. The van der Waals surface area contributed by atoms with Crippen LogP contribution in [0.3, 0.4) is 0 Å². The second-order valence-electron chi connectivity index (χ2n) is 4.39. The number of rotatable bonds is 5. The monoisotopic (exact) mass is 249 g/mol. The van der Waals surface area contributed by atoms with Crippen LogP contribution in [0.2, 0.25) is 0 Å². The Labute approximate surface area is 99.6 Å². The minimum atomic E-state index is -4.86. The molecule has 0 aromatic rings. The van der Waals surface area contributed by atoms with E-state index in [2.05, 4.69) is 6.58 Å². The molecule has 0 rings (SSSR count). The largest absolute Gasteiger partial charge is 0.471 e. The molecule has 17 heavy (non-hydrogen) atoms. The Kier molecular flexibility index (Phi) is 5.45. The van der Waals surface area contributed by atoms with Crippen molar-refractivity contribution in [1.29, 1.82) is 0 Å². The predicted molar refractivity (Wildman–Crippen MR) is 61.5 cm³/mol. The molecule has 1 amide bonds. The van der Waals surface area contributed by atoms with Crippen molar-refractivity contribution < 1.29 is 18.0 Å². The van der Waals surface area contributed by atoms with E-state index in [1.165, 1.54) is 13.0 Å². The molecule has 0 saturated heterocycles. The van der Waals surface area contributed by atoms with Crippen molar-refractivity contribution in [2.24, 2.45) is 0 Å². The molecule has 0 aromatic heterocycles. The van der Waals surface area contributed by atoms with Crippen molar-refractivity contribution in [2.45, 2.75) is 45.3 Å². The molecule has 0 radical (unpaired) electrons. The van der Waals surface area contributed by atoms with Gasteiger partial charge in [-0.1, -0.05) is 17.7 Å². The summed E-state index contributed by atoms with van der Waals surface area (Å²) in [5.41, 5.74) is 0.0389. The van der Waals surface area contributed by atoms with E-state index < -0.39 is 17.6 Å². The van der Waals surface area contributed by atoms with Crippen LogP contribution in [0.4, 0.5) is 13.2 Å². The van der Waals surface area contributed by atoms with Gasteiger partial charge in [0.05, 0.1) is 5.54 Å². The van der Waals surface area contributed by atoms with E-state index in [9.17, 15) is 18.0 Å². The molecule has 1 unspecified atom stereocenters. The number of nitrogens with one attached hydrogen (secondary N) is 1. The molecule has 98 valence electrons. The van der Waals surface area contributed by atoms with Gasteiger partial charge in [0, 0.05) is 0 Å². The summed E-state index contributed by atoms with van der Waals surface area (Å²) in [6.45, 7) is 8.78. The maximum absolute atomic E-state index is 12.1. The van der Waals surface area contributed by atoms with Crippen molar-refractivity contribution in [2.75, 3.05) is 0 Å². The maximum Gasteiger partial charge on any atom is 0.471 e. The fourth-order valence-corrected chi connectivity index (χ4v) is 1.21. The van der Waals surface area contributed by atoms with Gasteiger partial charge in [0.2, 0.25) is 0 Å². The van der Waals surface area contributed by atoms with E-state index in [1.807, 2.05) is 25.2 Å². The van der Waals surface area contributed by atoms with Gasteiger partial charge < -0.3 is 5.32 Å². The Morgan fingerprint density at radius 3 is 2.24 bits per heavy atom. The van der Waals surface area contributed by atoms with Gasteiger partial charge in [-0.15, -0.1) is 6.58 Å². The highest BCUT2D eigenvalue weighted by molar-refractivity contribution is 5.82. The molecule has 0 aliphatic rings. The molecule has 5 heteroatoms. The second-order valence-corrected chi connectivity index (χ2v) is 4.39. The van der Waals surface area contributed by atoms with E-state index in [0.717, 1.165) is 5.57 Å². The summed E-state index contributed by atoms with van der Waals surface area (Å²) in [6.07, 6.45) is -0.662. The molecule has 0 aliphatic heterocycles. The Morgan fingerprint density at radius 2 is 1.88 bits per heavy atom. The van der Waals surface area contributed by atoms with Crippen LogP contribution in [0, 0.1) is 0 Å². The number of carbonyl (C=O) groups excluding carboxylic acids is 1. The Morgan fingerprint density at radius 1 is 1.35 bits per heavy atom. The van der Waals surface area contributed by atoms with E-state index >= 15 is 0 Å². The zero-order chi connectivity index (χ0) is 13.7. The Hall–Kier alpha value is -1.26. The van der Waals surface area contributed by atoms with Gasteiger partial charge in [0.25, 0.3) is 0 Å². The summed E-state index contributed by atoms with van der Waals surface area (Å²) in [6, 6.07) is 0. The Bertz CT molecular complexity index is 316. The first-order valence-electron chi connectivity index (χ1n) is 5.27. The average Bonchev–Trinajstić information content (AvgIpc) is 2.15. The van der Waals surface area contributed by atoms with E-state index in [0.29, 0.717) is 12.8 Å². The van der Waals surface area contributed by atoms with Crippen molar-refractivity contribution in [3.8, 4) is 0 Å². The summed E-state index contributed by atoms with van der Waals surface area (Å²) < 4.78 is 36.3. The lowest BCUT2D eigenvalue weighted by Crippen LogP contribution is -2.49. The van der Waals surface area contributed by atoms with Gasteiger partial charge in [0.15, 0.2) is 0 Å². The first kappa shape index (κ1) is 15.7. The molecule has 0 saturated carbocycles. The molecular weight excluding hydrogens is 231 g/mol. The van der Waals surface area contributed by atoms with Gasteiger partial charge >= 0.3 is 12.1 Å². The SMILES string of the molecule is C=CC(C)(CCC=C(C)C)NC(=O)C(F)(F)F. The smallest absolute Gasteiger partial charge is 0.340 e. The fraction of sp³-hybridized carbons (Fsp3) is 0.583. The van der Waals surface area contributed by atoms with Crippen LogP contribution in [0.5, 0.6) is 0 Å². The number of hydrogen-bond donors (Lipinski definition) is 1. The highest BCUT2D eigenvalue weighted by Gasteiger charge is 2.41. The lowest BCUT2D eigenvalue weighted by atomic mass is 9.95. The van der Waals surface area contributed by atoms with Crippen molar-refractivity contribution in [3.05, 3.63) is 24.3 Å². The van der Waals surface area contributed by atoms with Crippen molar-refractivity contribution in [1.82, 2.24) is 5.32 Å². The van der Waals surface area contributed by atoms with Crippen LogP contribution < -0.4 is 5.32 Å². The third-order valence-electron chi connectivity index (χ3n) is 2.32. The van der Waals surface area contributed by atoms with Gasteiger partial charge in [-0.25, -0.2) is 0 Å². The highest BCUT2D eigenvalue weighted by Crippen LogP contribution is 2.20. The molecule has 0 aliphatic carbocycles. The van der Waals surface area contributed by atoms with Crippen LogP contribution in [-0.2, 0) is 4.79 Å². The van der Waals surface area contributed by atoms with Crippen LogP contribution in [-0.4, -0.2) is 17.6 Å². The van der Waals surface area contributed by atoms with Gasteiger partial charge in [-0.05, 0) is 33.6 Å².